The highest BCUT2D eigenvalue weighted by Gasteiger charge is 2.24. The van der Waals surface area contributed by atoms with E-state index < -0.39 is 0 Å². The summed E-state index contributed by atoms with van der Waals surface area (Å²) in [6, 6.07) is 10.5. The van der Waals surface area contributed by atoms with Crippen molar-refractivity contribution in [2.45, 2.75) is 31.4 Å². The van der Waals surface area contributed by atoms with Crippen molar-refractivity contribution >= 4 is 28.4 Å². The summed E-state index contributed by atoms with van der Waals surface area (Å²) in [7, 11) is 0. The predicted octanol–water partition coefficient (Wildman–Crippen LogP) is 2.96. The Morgan fingerprint density at radius 2 is 1.86 bits per heavy atom. The first-order chi connectivity index (χ1) is 17.1. The zero-order valence-electron chi connectivity index (χ0n) is 19.0. The first-order valence-electron chi connectivity index (χ1n) is 11.5. The lowest BCUT2D eigenvalue weighted by Crippen LogP contribution is -2.36. The van der Waals surface area contributed by atoms with E-state index in [0.717, 1.165) is 18.4 Å². The Labute approximate surface area is 201 Å². The monoisotopic (exact) mass is 471 g/mol. The number of hydrogen-bond donors (Lipinski definition) is 3. The number of aromatic nitrogens is 4. The molecule has 9 nitrogen and oxygen atoms in total. The number of aromatic amines is 1. The van der Waals surface area contributed by atoms with E-state index in [4.69, 9.17) is 4.74 Å². The Morgan fingerprint density at radius 3 is 2.57 bits per heavy atom. The highest BCUT2D eigenvalue weighted by molar-refractivity contribution is 6.18. The summed E-state index contributed by atoms with van der Waals surface area (Å²) in [4.78, 5) is 41.5. The van der Waals surface area contributed by atoms with Crippen LogP contribution in [0.2, 0.25) is 0 Å². The molecule has 4 aromatic rings. The number of ketones is 2. The number of carbonyl (C=O) groups is 2. The number of ether oxygens (including phenoxy) is 1. The maximum Gasteiger partial charge on any atom is 0.195 e. The van der Waals surface area contributed by atoms with Crippen LogP contribution in [0.15, 0.2) is 61.3 Å². The third kappa shape index (κ3) is 4.96. The number of H-pyrrole nitrogens is 1. The summed E-state index contributed by atoms with van der Waals surface area (Å²) >= 11 is 0. The van der Waals surface area contributed by atoms with Crippen molar-refractivity contribution in [1.82, 2.24) is 19.9 Å². The van der Waals surface area contributed by atoms with Gasteiger partial charge in [-0.05, 0) is 30.5 Å². The fourth-order valence-electron chi connectivity index (χ4n) is 4.26. The van der Waals surface area contributed by atoms with Gasteiger partial charge in [0, 0.05) is 36.1 Å². The van der Waals surface area contributed by atoms with E-state index >= 15 is 0 Å². The van der Waals surface area contributed by atoms with Gasteiger partial charge in [0.05, 0.1) is 36.3 Å². The van der Waals surface area contributed by atoms with Crippen LogP contribution in [0.5, 0.6) is 0 Å². The lowest BCUT2D eigenvalue weighted by Gasteiger charge is -2.29. The molecule has 0 amide bonds. The van der Waals surface area contributed by atoms with Crippen molar-refractivity contribution in [2.75, 3.05) is 18.5 Å². The van der Waals surface area contributed by atoms with Gasteiger partial charge in [0.1, 0.15) is 17.8 Å². The molecule has 0 saturated carbocycles. The summed E-state index contributed by atoms with van der Waals surface area (Å²) in [5.74, 6) is 0.393. The molecule has 2 atom stereocenters. The van der Waals surface area contributed by atoms with Crippen LogP contribution in [0, 0.1) is 0 Å². The van der Waals surface area contributed by atoms with Crippen LogP contribution in [0.4, 0.5) is 5.82 Å². The minimum absolute atomic E-state index is 0.00651. The number of carbonyl (C=O) groups excluding carboxylic acids is 2. The van der Waals surface area contributed by atoms with Gasteiger partial charge in [-0.3, -0.25) is 14.6 Å². The van der Waals surface area contributed by atoms with Crippen LogP contribution in [0.1, 0.15) is 44.7 Å². The van der Waals surface area contributed by atoms with E-state index in [1.54, 1.807) is 55.0 Å². The molecule has 3 aromatic heterocycles. The van der Waals surface area contributed by atoms with Crippen LogP contribution in [0.25, 0.3) is 11.0 Å². The molecule has 3 N–H and O–H groups in total. The molecule has 1 fully saturated rings. The minimum atomic E-state index is -0.165. The van der Waals surface area contributed by atoms with Crippen molar-refractivity contribution in [3.63, 3.8) is 0 Å². The predicted molar refractivity (Wildman–Crippen MR) is 130 cm³/mol. The zero-order valence-corrected chi connectivity index (χ0v) is 19.0. The molecule has 35 heavy (non-hydrogen) atoms. The Bertz CT molecular complexity index is 1330. The van der Waals surface area contributed by atoms with Gasteiger partial charge in [-0.25, -0.2) is 9.97 Å². The van der Waals surface area contributed by atoms with Gasteiger partial charge in [-0.1, -0.05) is 24.3 Å². The van der Waals surface area contributed by atoms with E-state index in [1.807, 2.05) is 0 Å². The number of hydrogen-bond acceptors (Lipinski definition) is 8. The number of benzene rings is 1. The Kier molecular flexibility index (Phi) is 6.60. The second-order valence-corrected chi connectivity index (χ2v) is 8.57. The lowest BCUT2D eigenvalue weighted by molar-refractivity contribution is -0.0224. The van der Waals surface area contributed by atoms with Crippen molar-refractivity contribution < 1.29 is 19.4 Å². The molecule has 1 aliphatic rings. The minimum Gasteiger partial charge on any atom is -0.394 e. The highest BCUT2D eigenvalue weighted by atomic mass is 16.5. The van der Waals surface area contributed by atoms with Gasteiger partial charge in [-0.15, -0.1) is 0 Å². The molecule has 4 heterocycles. The van der Waals surface area contributed by atoms with Crippen LogP contribution in [-0.4, -0.2) is 62.0 Å². The number of nitrogens with zero attached hydrogens (tertiary/aromatic N) is 3. The quantitative estimate of drug-likeness (QED) is 0.335. The number of Topliss-reactive ketones (excluding diaryl/α,β-unsaturated/α-hetero) is 1. The van der Waals surface area contributed by atoms with E-state index in [1.165, 1.54) is 6.33 Å². The number of anilines is 1. The average Bonchev–Trinajstić information content (AvgIpc) is 3.35. The van der Waals surface area contributed by atoms with E-state index in [2.05, 4.69) is 25.3 Å². The van der Waals surface area contributed by atoms with E-state index in [9.17, 15) is 14.7 Å². The Balaban J connectivity index is 1.34. The van der Waals surface area contributed by atoms with Gasteiger partial charge < -0.3 is 20.1 Å². The normalized spacial score (nSPS) is 17.9. The number of aliphatic hydroxyl groups excluding tert-OH is 1. The second kappa shape index (κ2) is 10.1. The summed E-state index contributed by atoms with van der Waals surface area (Å²) in [6.07, 6.45) is 7.96. The first-order valence-corrected chi connectivity index (χ1v) is 11.5. The Morgan fingerprint density at radius 1 is 1.06 bits per heavy atom. The van der Waals surface area contributed by atoms with Crippen LogP contribution < -0.4 is 5.32 Å². The largest absolute Gasteiger partial charge is 0.394 e. The van der Waals surface area contributed by atoms with Crippen molar-refractivity contribution in [3.8, 4) is 0 Å². The molecule has 0 bridgehead atoms. The van der Waals surface area contributed by atoms with Gasteiger partial charge in [-0.2, -0.15) is 0 Å². The molecule has 5 rings (SSSR count). The molecule has 1 saturated heterocycles. The molecule has 9 heteroatoms. The molecular formula is C26H25N5O4. The molecule has 0 unspecified atom stereocenters. The summed E-state index contributed by atoms with van der Waals surface area (Å²) in [5, 5.41) is 13.3. The van der Waals surface area contributed by atoms with Gasteiger partial charge in [0.15, 0.2) is 11.6 Å². The topological polar surface area (TPSA) is 130 Å². The van der Waals surface area contributed by atoms with Gasteiger partial charge in [0.25, 0.3) is 0 Å². The number of aliphatic hydroxyl groups is 1. The second-order valence-electron chi connectivity index (χ2n) is 8.57. The van der Waals surface area contributed by atoms with Crippen molar-refractivity contribution in [3.05, 3.63) is 83.6 Å². The molecule has 1 aromatic carbocycles. The number of nitrogens with one attached hydrogen (secondary N) is 2. The summed E-state index contributed by atoms with van der Waals surface area (Å²) < 4.78 is 5.66. The standard InChI is InChI=1S/C26H25N5O4/c32-13-20-6-5-19(14-35-20)31-26-23-21(12-28-25(23)29-15-30-26)24(34)18-3-1-16(2-4-18)11-22(33)17-7-9-27-10-8-17/h1-4,7-10,12,15,19-20,32H,5-6,11,13-14H2,(H2,28,29,30,31)/t19-,20-/m1/s1. The van der Waals surface area contributed by atoms with Crippen molar-refractivity contribution in [1.29, 1.82) is 0 Å². The average molecular weight is 472 g/mol. The van der Waals surface area contributed by atoms with Crippen molar-refractivity contribution in [2.24, 2.45) is 0 Å². The van der Waals surface area contributed by atoms with Crippen LogP contribution in [0.3, 0.4) is 0 Å². The van der Waals surface area contributed by atoms with Gasteiger partial charge >= 0.3 is 0 Å². The van der Waals surface area contributed by atoms with Crippen LogP contribution in [-0.2, 0) is 11.2 Å². The molecule has 1 aliphatic heterocycles. The molecule has 0 radical (unpaired) electrons. The number of rotatable bonds is 8. The fraction of sp³-hybridized carbons (Fsp3) is 0.269. The SMILES string of the molecule is O=C(Cc1ccc(C(=O)c2c[nH]c3ncnc(N[C@@H]4CC[C@H](CO)OC4)c23)cc1)c1ccncc1. The van der Waals surface area contributed by atoms with E-state index in [0.29, 0.717) is 40.1 Å². The molecule has 178 valence electrons. The number of pyridine rings is 1. The number of fused-ring (bicyclic) bond motifs is 1. The maximum absolute atomic E-state index is 13.4. The summed E-state index contributed by atoms with van der Waals surface area (Å²) in [6.45, 7) is 0.460. The first kappa shape index (κ1) is 22.8. The fourth-order valence-corrected chi connectivity index (χ4v) is 4.26. The zero-order chi connectivity index (χ0) is 24.2. The summed E-state index contributed by atoms with van der Waals surface area (Å²) in [5.41, 5.74) is 2.97. The van der Waals surface area contributed by atoms with Crippen LogP contribution >= 0.6 is 0 Å². The molecule has 0 aliphatic carbocycles. The third-order valence-corrected chi connectivity index (χ3v) is 6.21. The third-order valence-electron chi connectivity index (χ3n) is 6.21. The highest BCUT2D eigenvalue weighted by Crippen LogP contribution is 2.27. The van der Waals surface area contributed by atoms with E-state index in [-0.39, 0.29) is 36.7 Å². The van der Waals surface area contributed by atoms with Gasteiger partial charge in [0.2, 0.25) is 0 Å². The lowest BCUT2D eigenvalue weighted by atomic mass is 9.99. The molecular weight excluding hydrogens is 446 g/mol. The Hall–Kier alpha value is -3.95. The smallest absolute Gasteiger partial charge is 0.195 e. The molecule has 0 spiro atoms. The maximum atomic E-state index is 13.4.